The molecular weight excluding hydrogens is 428 g/mol. The largest absolute Gasteiger partial charge is 0.493 e. The van der Waals surface area contributed by atoms with Crippen LogP contribution in [0.5, 0.6) is 11.5 Å². The van der Waals surface area contributed by atoms with Gasteiger partial charge in [0.15, 0.2) is 11.5 Å². The van der Waals surface area contributed by atoms with Gasteiger partial charge in [-0.3, -0.25) is 9.69 Å². The van der Waals surface area contributed by atoms with Crippen LogP contribution >= 0.6 is 11.6 Å². The Hall–Kier alpha value is -3.51. The summed E-state index contributed by atoms with van der Waals surface area (Å²) < 4.78 is 11.5. The lowest BCUT2D eigenvalue weighted by Gasteiger charge is -2.14. The molecule has 3 aromatic rings. The highest BCUT2D eigenvalue weighted by molar-refractivity contribution is 6.32. The van der Waals surface area contributed by atoms with Gasteiger partial charge in [-0.1, -0.05) is 54.9 Å². The maximum Gasteiger partial charge on any atom is 0.329 e. The summed E-state index contributed by atoms with van der Waals surface area (Å²) >= 11 is 6.49. The summed E-state index contributed by atoms with van der Waals surface area (Å²) in [6.07, 6.45) is 2.27. The van der Waals surface area contributed by atoms with E-state index in [1.807, 2.05) is 25.1 Å². The van der Waals surface area contributed by atoms with E-state index in [0.29, 0.717) is 41.7 Å². The quantitative estimate of drug-likeness (QED) is 0.387. The minimum atomic E-state index is -0.420. The van der Waals surface area contributed by atoms with Crippen molar-refractivity contribution in [2.75, 3.05) is 13.7 Å². The minimum absolute atomic E-state index is 0.200. The lowest BCUT2D eigenvalue weighted by atomic mass is 10.1. The van der Waals surface area contributed by atoms with Crippen LogP contribution in [0.3, 0.4) is 0 Å². The number of rotatable bonds is 7. The summed E-state index contributed by atoms with van der Waals surface area (Å²) in [5.74, 6) is 0.495. The lowest BCUT2D eigenvalue weighted by Crippen LogP contribution is -2.31. The zero-order valence-corrected chi connectivity index (χ0v) is 18.6. The van der Waals surface area contributed by atoms with E-state index in [1.54, 1.807) is 18.2 Å². The fourth-order valence-electron chi connectivity index (χ4n) is 3.61. The van der Waals surface area contributed by atoms with E-state index in [0.717, 1.165) is 16.3 Å². The number of hydrogen-bond acceptors (Lipinski definition) is 4. The highest BCUT2D eigenvalue weighted by Crippen LogP contribution is 2.37. The first-order valence-corrected chi connectivity index (χ1v) is 10.7. The second kappa shape index (κ2) is 9.32. The Labute approximate surface area is 191 Å². The Morgan fingerprint density at radius 1 is 1.06 bits per heavy atom. The SMILES string of the molecule is CCCN1C(=O)N/C(=C/c2cc(Cl)c(OCc3ccc4ccccc4c3)c(OC)c2)C1=O. The molecule has 0 aromatic heterocycles. The first kappa shape index (κ1) is 21.7. The number of carbonyl (C=O) groups excluding carboxylic acids is 2. The van der Waals surface area contributed by atoms with Gasteiger partial charge < -0.3 is 14.8 Å². The van der Waals surface area contributed by atoms with Gasteiger partial charge in [0.2, 0.25) is 0 Å². The molecule has 0 saturated carbocycles. The number of halogens is 1. The molecule has 0 spiro atoms. The molecule has 4 rings (SSSR count). The molecule has 1 aliphatic heterocycles. The van der Waals surface area contributed by atoms with Gasteiger partial charge in [-0.2, -0.15) is 0 Å². The van der Waals surface area contributed by atoms with E-state index in [-0.39, 0.29) is 11.6 Å². The van der Waals surface area contributed by atoms with Crippen LogP contribution in [-0.4, -0.2) is 30.5 Å². The lowest BCUT2D eigenvalue weighted by molar-refractivity contribution is -0.122. The zero-order chi connectivity index (χ0) is 22.7. The number of ether oxygens (including phenoxy) is 2. The van der Waals surface area contributed by atoms with Gasteiger partial charge in [0.1, 0.15) is 12.3 Å². The summed E-state index contributed by atoms with van der Waals surface area (Å²) in [6, 6.07) is 17.2. The predicted molar refractivity (Wildman–Crippen MR) is 125 cm³/mol. The molecule has 7 heteroatoms. The number of methoxy groups -OCH3 is 1. The van der Waals surface area contributed by atoms with Crippen LogP contribution in [0.1, 0.15) is 24.5 Å². The molecule has 0 radical (unpaired) electrons. The molecule has 3 amide bonds. The molecule has 0 aliphatic carbocycles. The molecule has 1 aliphatic rings. The molecule has 32 heavy (non-hydrogen) atoms. The highest BCUT2D eigenvalue weighted by Gasteiger charge is 2.32. The Morgan fingerprint density at radius 3 is 2.59 bits per heavy atom. The van der Waals surface area contributed by atoms with Crippen molar-refractivity contribution in [3.8, 4) is 11.5 Å². The third-order valence-electron chi connectivity index (χ3n) is 5.17. The van der Waals surface area contributed by atoms with E-state index in [4.69, 9.17) is 21.1 Å². The van der Waals surface area contributed by atoms with Crippen LogP contribution in [0.4, 0.5) is 4.79 Å². The predicted octanol–water partition coefficient (Wildman–Crippen LogP) is 5.38. The Bertz CT molecular complexity index is 1220. The van der Waals surface area contributed by atoms with E-state index >= 15 is 0 Å². The molecule has 0 bridgehead atoms. The molecule has 1 N–H and O–H groups in total. The number of nitrogens with zero attached hydrogens (tertiary/aromatic N) is 1. The summed E-state index contributed by atoms with van der Waals surface area (Å²) in [7, 11) is 1.52. The monoisotopic (exact) mass is 450 g/mol. The van der Waals surface area contributed by atoms with E-state index in [2.05, 4.69) is 29.6 Å². The fourth-order valence-corrected chi connectivity index (χ4v) is 3.89. The smallest absolute Gasteiger partial charge is 0.329 e. The molecule has 1 heterocycles. The van der Waals surface area contributed by atoms with E-state index in [1.165, 1.54) is 12.0 Å². The first-order valence-electron chi connectivity index (χ1n) is 10.3. The average Bonchev–Trinajstić information content (AvgIpc) is 3.05. The maximum atomic E-state index is 12.5. The second-order valence-corrected chi connectivity index (χ2v) is 7.86. The molecule has 6 nitrogen and oxygen atoms in total. The summed E-state index contributed by atoms with van der Waals surface area (Å²) in [5.41, 5.74) is 1.82. The van der Waals surface area contributed by atoms with Crippen molar-refractivity contribution >= 4 is 40.4 Å². The molecule has 0 unspecified atom stereocenters. The number of imide groups is 1. The number of fused-ring (bicyclic) bond motifs is 1. The number of carbonyl (C=O) groups is 2. The molecule has 164 valence electrons. The van der Waals surface area contributed by atoms with Crippen LogP contribution in [0.15, 0.2) is 60.3 Å². The number of amides is 3. The first-order chi connectivity index (χ1) is 15.5. The van der Waals surface area contributed by atoms with Crippen LogP contribution in [0.2, 0.25) is 5.02 Å². The van der Waals surface area contributed by atoms with Crippen LogP contribution in [0.25, 0.3) is 16.8 Å². The molecule has 0 atom stereocenters. The van der Waals surface area contributed by atoms with Gasteiger partial charge >= 0.3 is 6.03 Å². The number of urea groups is 1. The highest BCUT2D eigenvalue weighted by atomic mass is 35.5. The van der Waals surface area contributed by atoms with Gasteiger partial charge in [0.05, 0.1) is 12.1 Å². The third kappa shape index (κ3) is 4.41. The van der Waals surface area contributed by atoms with Gasteiger partial charge in [0, 0.05) is 6.54 Å². The summed E-state index contributed by atoms with van der Waals surface area (Å²) in [6.45, 7) is 2.60. The Balaban J connectivity index is 1.55. The Morgan fingerprint density at radius 2 is 1.84 bits per heavy atom. The van der Waals surface area contributed by atoms with Crippen LogP contribution in [-0.2, 0) is 11.4 Å². The van der Waals surface area contributed by atoms with Gasteiger partial charge in [-0.05, 0) is 52.6 Å². The maximum absolute atomic E-state index is 12.5. The summed E-state index contributed by atoms with van der Waals surface area (Å²) in [4.78, 5) is 25.6. The summed E-state index contributed by atoms with van der Waals surface area (Å²) in [5, 5.41) is 5.25. The van der Waals surface area contributed by atoms with E-state index in [9.17, 15) is 9.59 Å². The van der Waals surface area contributed by atoms with Crippen molar-refractivity contribution in [1.29, 1.82) is 0 Å². The number of hydrogen-bond donors (Lipinski definition) is 1. The number of benzene rings is 3. The minimum Gasteiger partial charge on any atom is -0.493 e. The van der Waals surface area contributed by atoms with Crippen molar-refractivity contribution in [3.05, 3.63) is 76.4 Å². The topological polar surface area (TPSA) is 67.9 Å². The van der Waals surface area contributed by atoms with Gasteiger partial charge in [0.25, 0.3) is 5.91 Å². The molecule has 1 fully saturated rings. The molecule has 1 saturated heterocycles. The third-order valence-corrected chi connectivity index (χ3v) is 5.45. The van der Waals surface area contributed by atoms with E-state index < -0.39 is 6.03 Å². The van der Waals surface area contributed by atoms with Crippen molar-refractivity contribution in [2.45, 2.75) is 20.0 Å². The van der Waals surface area contributed by atoms with Gasteiger partial charge in [-0.25, -0.2) is 4.79 Å². The number of nitrogens with one attached hydrogen (secondary N) is 1. The second-order valence-electron chi connectivity index (χ2n) is 7.45. The van der Waals surface area contributed by atoms with Crippen molar-refractivity contribution in [1.82, 2.24) is 10.2 Å². The Kier molecular flexibility index (Phi) is 6.32. The normalized spacial score (nSPS) is 14.8. The molecule has 3 aromatic carbocycles. The fraction of sp³-hybridized carbons (Fsp3) is 0.200. The standard InChI is InChI=1S/C25H23ClN2O4/c1-3-10-28-24(29)21(27-25(28)30)13-17-12-20(26)23(22(14-17)31-2)32-15-16-8-9-18-6-4-5-7-19(18)11-16/h4-9,11-14H,3,10,15H2,1-2H3,(H,27,30)/b21-13+. The van der Waals surface area contributed by atoms with Crippen molar-refractivity contribution in [3.63, 3.8) is 0 Å². The van der Waals surface area contributed by atoms with Crippen molar-refractivity contribution in [2.24, 2.45) is 0 Å². The molecular formula is C25H23ClN2O4. The van der Waals surface area contributed by atoms with Crippen molar-refractivity contribution < 1.29 is 19.1 Å². The average molecular weight is 451 g/mol. The zero-order valence-electron chi connectivity index (χ0n) is 17.9. The van der Waals surface area contributed by atoms with Gasteiger partial charge in [-0.15, -0.1) is 0 Å². The van der Waals surface area contributed by atoms with Crippen LogP contribution < -0.4 is 14.8 Å². The van der Waals surface area contributed by atoms with Crippen LogP contribution in [0, 0.1) is 0 Å².